The number of amides is 2. The number of nitrogens with one attached hydrogen (secondary N) is 2. The molecule has 1 atom stereocenters. The highest BCUT2D eigenvalue weighted by molar-refractivity contribution is 14.0. The molecular weight excluding hydrogens is 537 g/mol. The molecule has 2 amide bonds. The number of hydrogen-bond donors (Lipinski definition) is 2. The first-order valence-corrected chi connectivity index (χ1v) is 11.7. The van der Waals surface area contributed by atoms with E-state index in [1.807, 2.05) is 42.2 Å². The Labute approximate surface area is 210 Å². The largest absolute Gasteiger partial charge is 0.357 e. The summed E-state index contributed by atoms with van der Waals surface area (Å²) in [5.41, 5.74) is 2.19. The van der Waals surface area contributed by atoms with Gasteiger partial charge in [-0.05, 0) is 42.5 Å². The van der Waals surface area contributed by atoms with Gasteiger partial charge < -0.3 is 20.4 Å². The van der Waals surface area contributed by atoms with Crippen molar-refractivity contribution in [3.8, 4) is 0 Å². The van der Waals surface area contributed by atoms with Gasteiger partial charge in [-0.2, -0.15) is 0 Å². The van der Waals surface area contributed by atoms with Gasteiger partial charge in [0.2, 0.25) is 11.8 Å². The lowest BCUT2D eigenvalue weighted by Crippen LogP contribution is -2.44. The maximum Gasteiger partial charge on any atom is 0.229 e. The van der Waals surface area contributed by atoms with E-state index in [9.17, 15) is 9.59 Å². The van der Waals surface area contributed by atoms with Crippen molar-refractivity contribution in [3.05, 3.63) is 52.2 Å². The number of para-hydroxylation sites is 1. The van der Waals surface area contributed by atoms with Gasteiger partial charge >= 0.3 is 0 Å². The fraction of sp³-hybridized carbons (Fsp3) is 0.435. The van der Waals surface area contributed by atoms with Crippen molar-refractivity contribution in [2.75, 3.05) is 31.1 Å². The molecule has 32 heavy (non-hydrogen) atoms. The number of benzene rings is 1. The normalized spacial score (nSPS) is 18.2. The van der Waals surface area contributed by atoms with E-state index < -0.39 is 0 Å². The van der Waals surface area contributed by atoms with Crippen LogP contribution in [0.25, 0.3) is 0 Å². The molecule has 0 aliphatic carbocycles. The summed E-state index contributed by atoms with van der Waals surface area (Å²) >= 11 is 1.78. The van der Waals surface area contributed by atoms with E-state index in [1.165, 1.54) is 10.4 Å². The summed E-state index contributed by atoms with van der Waals surface area (Å²) in [4.78, 5) is 34.8. The average molecular weight is 567 g/mol. The second-order valence-electron chi connectivity index (χ2n) is 7.83. The van der Waals surface area contributed by atoms with Gasteiger partial charge in [0.25, 0.3) is 0 Å². The molecule has 3 heterocycles. The Bertz CT molecular complexity index is 949. The zero-order chi connectivity index (χ0) is 21.6. The van der Waals surface area contributed by atoms with Gasteiger partial charge in [0, 0.05) is 49.6 Å². The van der Waals surface area contributed by atoms with Gasteiger partial charge in [-0.1, -0.05) is 18.2 Å². The fourth-order valence-corrected chi connectivity index (χ4v) is 4.95. The minimum absolute atomic E-state index is 0. The maximum atomic E-state index is 12.6. The topological polar surface area (TPSA) is 77.0 Å². The van der Waals surface area contributed by atoms with E-state index in [0.29, 0.717) is 38.4 Å². The molecule has 1 aromatic heterocycles. The van der Waals surface area contributed by atoms with Crippen LogP contribution in [-0.4, -0.2) is 54.9 Å². The van der Waals surface area contributed by atoms with Gasteiger partial charge in [0.15, 0.2) is 5.96 Å². The minimum Gasteiger partial charge on any atom is -0.357 e. The number of halogens is 1. The Kier molecular flexibility index (Phi) is 8.92. The highest BCUT2D eigenvalue weighted by atomic mass is 127. The second-order valence-corrected chi connectivity index (χ2v) is 8.83. The number of nitrogens with zero attached hydrogens (tertiary/aromatic N) is 3. The van der Waals surface area contributed by atoms with Gasteiger partial charge in [-0.15, -0.1) is 35.3 Å². The van der Waals surface area contributed by atoms with E-state index in [2.05, 4.69) is 27.1 Å². The molecule has 7 nitrogen and oxygen atoms in total. The summed E-state index contributed by atoms with van der Waals surface area (Å²) in [7, 11) is 0. The number of rotatable bonds is 6. The monoisotopic (exact) mass is 567 g/mol. The van der Waals surface area contributed by atoms with Crippen LogP contribution in [0.1, 0.15) is 30.2 Å². The van der Waals surface area contributed by atoms with Crippen molar-refractivity contribution in [1.82, 2.24) is 15.5 Å². The van der Waals surface area contributed by atoms with Crippen LogP contribution in [0.15, 0.2) is 46.8 Å². The standard InChI is InChI=1S/C23H29N5O2S.HI/c1-2-24-23(26-18-14-22(30)28(16-18)19-6-4-3-5-7-19)25-11-8-21(29)27-12-9-20-17(15-27)10-13-31-20;/h3-7,10,13,18H,2,8-9,11-12,14-16H2,1H3,(H2,24,25,26);1H. The number of carbonyl (C=O) groups excluding carboxylic acids is 2. The summed E-state index contributed by atoms with van der Waals surface area (Å²) < 4.78 is 0. The number of carbonyl (C=O) groups is 2. The van der Waals surface area contributed by atoms with Crippen molar-refractivity contribution < 1.29 is 9.59 Å². The number of guanidine groups is 1. The summed E-state index contributed by atoms with van der Waals surface area (Å²) in [5.74, 6) is 0.900. The summed E-state index contributed by atoms with van der Waals surface area (Å²) in [6.45, 7) is 5.24. The lowest BCUT2D eigenvalue weighted by molar-refractivity contribution is -0.131. The third kappa shape index (κ3) is 6.00. The summed E-state index contributed by atoms with van der Waals surface area (Å²) in [6, 6.07) is 11.8. The molecule has 4 rings (SSSR count). The van der Waals surface area contributed by atoms with E-state index in [4.69, 9.17) is 0 Å². The van der Waals surface area contributed by atoms with Crippen LogP contribution in [-0.2, 0) is 22.6 Å². The molecule has 0 spiro atoms. The van der Waals surface area contributed by atoms with Gasteiger partial charge in [-0.3, -0.25) is 14.6 Å². The Morgan fingerprint density at radius 1 is 1.25 bits per heavy atom. The Morgan fingerprint density at radius 3 is 2.84 bits per heavy atom. The summed E-state index contributed by atoms with van der Waals surface area (Å²) in [5, 5.41) is 8.69. The van der Waals surface area contributed by atoms with E-state index in [0.717, 1.165) is 25.2 Å². The fourth-order valence-electron chi connectivity index (χ4n) is 4.06. The quantitative estimate of drug-likeness (QED) is 0.320. The highest BCUT2D eigenvalue weighted by Gasteiger charge is 2.31. The first-order chi connectivity index (χ1) is 15.1. The van der Waals surface area contributed by atoms with E-state index >= 15 is 0 Å². The third-order valence-corrected chi connectivity index (χ3v) is 6.66. The predicted octanol–water partition coefficient (Wildman–Crippen LogP) is 3.00. The van der Waals surface area contributed by atoms with Crippen molar-refractivity contribution in [2.24, 2.45) is 4.99 Å². The van der Waals surface area contributed by atoms with Crippen LogP contribution in [0.5, 0.6) is 0 Å². The first-order valence-electron chi connectivity index (χ1n) is 10.9. The lowest BCUT2D eigenvalue weighted by Gasteiger charge is -2.27. The molecule has 1 unspecified atom stereocenters. The molecule has 1 saturated heterocycles. The van der Waals surface area contributed by atoms with Crippen LogP contribution in [0.3, 0.4) is 0 Å². The molecule has 0 saturated carbocycles. The number of hydrogen-bond acceptors (Lipinski definition) is 4. The molecule has 1 aromatic carbocycles. The second kappa shape index (κ2) is 11.6. The Morgan fingerprint density at radius 2 is 2.06 bits per heavy atom. The van der Waals surface area contributed by atoms with Crippen LogP contribution < -0.4 is 15.5 Å². The van der Waals surface area contributed by atoms with Crippen molar-refractivity contribution in [1.29, 1.82) is 0 Å². The van der Waals surface area contributed by atoms with Gasteiger partial charge in [0.1, 0.15) is 0 Å². The number of anilines is 1. The zero-order valence-corrected chi connectivity index (χ0v) is 21.4. The van der Waals surface area contributed by atoms with Crippen LogP contribution in [0.2, 0.25) is 0 Å². The first kappa shape index (κ1) is 24.5. The molecule has 2 aliphatic heterocycles. The molecule has 2 aromatic rings. The molecule has 2 N–H and O–H groups in total. The van der Waals surface area contributed by atoms with Crippen LogP contribution >= 0.6 is 35.3 Å². The Balaban J connectivity index is 0.00000289. The molecule has 9 heteroatoms. The van der Waals surface area contributed by atoms with Crippen molar-refractivity contribution >= 4 is 58.8 Å². The maximum absolute atomic E-state index is 12.6. The SMILES string of the molecule is CCNC(=NCCC(=O)N1CCc2sccc2C1)NC1CC(=O)N(c2ccccc2)C1.I. The van der Waals surface area contributed by atoms with E-state index in [-0.39, 0.29) is 41.8 Å². The smallest absolute Gasteiger partial charge is 0.229 e. The molecule has 1 fully saturated rings. The van der Waals surface area contributed by atoms with Crippen molar-refractivity contribution in [3.63, 3.8) is 0 Å². The van der Waals surface area contributed by atoms with Crippen molar-refractivity contribution in [2.45, 2.75) is 38.8 Å². The summed E-state index contributed by atoms with van der Waals surface area (Å²) in [6.07, 6.45) is 1.75. The number of aliphatic imine (C=N–C) groups is 1. The Hall–Kier alpha value is -2.14. The molecule has 172 valence electrons. The minimum atomic E-state index is -0.0136. The molecule has 0 bridgehead atoms. The van der Waals surface area contributed by atoms with Gasteiger partial charge in [-0.25, -0.2) is 0 Å². The number of thiophene rings is 1. The average Bonchev–Trinajstić information content (AvgIpc) is 3.40. The lowest BCUT2D eigenvalue weighted by atomic mass is 10.1. The molecular formula is C23H30IN5O2S. The van der Waals surface area contributed by atoms with Crippen LogP contribution in [0.4, 0.5) is 5.69 Å². The zero-order valence-electron chi connectivity index (χ0n) is 18.3. The number of fused-ring (bicyclic) bond motifs is 1. The molecule has 0 radical (unpaired) electrons. The molecule has 2 aliphatic rings. The van der Waals surface area contributed by atoms with E-state index in [1.54, 1.807) is 16.2 Å². The van der Waals surface area contributed by atoms with Gasteiger partial charge in [0.05, 0.1) is 12.6 Å². The van der Waals surface area contributed by atoms with Crippen LogP contribution in [0, 0.1) is 0 Å². The highest BCUT2D eigenvalue weighted by Crippen LogP contribution is 2.24. The predicted molar refractivity (Wildman–Crippen MR) is 140 cm³/mol. The third-order valence-electron chi connectivity index (χ3n) is 5.63.